The van der Waals surface area contributed by atoms with E-state index in [1.165, 1.54) is 17.0 Å². The fourth-order valence-corrected chi connectivity index (χ4v) is 3.56. The number of amides is 3. The molecule has 12 heteroatoms. The summed E-state index contributed by atoms with van der Waals surface area (Å²) >= 11 is 6.00. The van der Waals surface area contributed by atoms with Crippen molar-refractivity contribution in [3.05, 3.63) is 76.9 Å². The van der Waals surface area contributed by atoms with Gasteiger partial charge in [0.05, 0.1) is 13.1 Å². The van der Waals surface area contributed by atoms with E-state index in [1.54, 1.807) is 43.3 Å². The summed E-state index contributed by atoms with van der Waals surface area (Å²) in [6.45, 7) is 2.08. The molecule has 1 atom stereocenters. The van der Waals surface area contributed by atoms with Crippen LogP contribution in [0.2, 0.25) is 5.02 Å². The molecule has 2 heterocycles. The van der Waals surface area contributed by atoms with Crippen LogP contribution in [0, 0.1) is 0 Å². The molecule has 0 radical (unpaired) electrons. The number of nitrogens with one attached hydrogen (secondary N) is 2. The number of nitrogens with zero attached hydrogens (tertiary/aromatic N) is 4. The minimum Gasteiger partial charge on any atom is -0.438 e. The smallest absolute Gasteiger partial charge is 0.269 e. The Morgan fingerprint density at radius 1 is 1.08 bits per heavy atom. The molecule has 0 spiro atoms. The number of carbonyl (C=O) groups is 3. The van der Waals surface area contributed by atoms with Gasteiger partial charge in [-0.2, -0.15) is 0 Å². The highest BCUT2D eigenvalue weighted by atomic mass is 35.5. The molecule has 4 N–H and O–H groups in total. The molecule has 4 rings (SSSR count). The topological polar surface area (TPSA) is 152 Å². The number of benzene rings is 2. The van der Waals surface area contributed by atoms with Gasteiger partial charge in [0.2, 0.25) is 17.7 Å². The van der Waals surface area contributed by atoms with E-state index in [4.69, 9.17) is 22.1 Å². The highest BCUT2D eigenvalue weighted by molar-refractivity contribution is 6.30. The largest absolute Gasteiger partial charge is 0.438 e. The van der Waals surface area contributed by atoms with E-state index in [-0.39, 0.29) is 42.9 Å². The van der Waals surface area contributed by atoms with Crippen LogP contribution in [0.15, 0.2) is 65.7 Å². The molecule has 11 nitrogen and oxygen atoms in total. The van der Waals surface area contributed by atoms with Crippen LogP contribution in [0.3, 0.4) is 0 Å². The summed E-state index contributed by atoms with van der Waals surface area (Å²) in [6.07, 6.45) is 0.269. The number of primary amides is 1. The van der Waals surface area contributed by atoms with Crippen molar-refractivity contribution in [1.29, 1.82) is 0 Å². The number of aromatic nitrogens is 2. The molecule has 2 aromatic carbocycles. The molecule has 0 bridgehead atoms. The predicted molar refractivity (Wildman–Crippen MR) is 137 cm³/mol. The molecule has 1 unspecified atom stereocenters. The van der Waals surface area contributed by atoms with Crippen LogP contribution < -0.4 is 21.1 Å². The maximum atomic E-state index is 13.3. The van der Waals surface area contributed by atoms with E-state index >= 15 is 0 Å². The van der Waals surface area contributed by atoms with E-state index in [1.807, 2.05) is 12.1 Å². The molecule has 0 saturated heterocycles. The minimum absolute atomic E-state index is 0.0364. The number of halogens is 1. The van der Waals surface area contributed by atoms with Gasteiger partial charge in [-0.15, -0.1) is 10.2 Å². The van der Waals surface area contributed by atoms with Crippen LogP contribution in [0.5, 0.6) is 11.6 Å². The Balaban J connectivity index is 1.49. The monoisotopic (exact) mass is 521 g/mol. The molecule has 0 aliphatic carbocycles. The standard InChI is InChI=1S/C25H24ClN7O4/c1-2-21(34)30-20-13-28-25(33(24(20)36)14-15-3-5-16(26)6-4-15)29-17-7-9-18(10-8-17)37-22-12-11-19(23(27)35)31-32-22/h3-12,20H,2,13-14H2,1H3,(H2,27,35)(H,28,29)(H,30,34). The van der Waals surface area contributed by atoms with Gasteiger partial charge in [0, 0.05) is 23.2 Å². The van der Waals surface area contributed by atoms with Gasteiger partial charge in [0.25, 0.3) is 11.8 Å². The normalized spacial score (nSPS) is 15.1. The molecule has 1 aliphatic heterocycles. The number of hydrogen-bond donors (Lipinski definition) is 3. The Bertz CT molecular complexity index is 1310. The van der Waals surface area contributed by atoms with E-state index in [0.717, 1.165) is 5.56 Å². The number of hydrogen-bond acceptors (Lipinski definition) is 8. The Morgan fingerprint density at radius 3 is 2.43 bits per heavy atom. The lowest BCUT2D eigenvalue weighted by molar-refractivity contribution is -0.133. The first kappa shape index (κ1) is 25.6. The third-order valence-electron chi connectivity index (χ3n) is 5.38. The summed E-state index contributed by atoms with van der Waals surface area (Å²) in [6, 6.07) is 16.2. The number of ether oxygens (including phenoxy) is 1. The van der Waals surface area contributed by atoms with Gasteiger partial charge in [-0.05, 0) is 48.0 Å². The molecule has 0 fully saturated rings. The summed E-state index contributed by atoms with van der Waals surface area (Å²) in [7, 11) is 0. The molecular formula is C25H24ClN7O4. The Kier molecular flexibility index (Phi) is 7.94. The van der Waals surface area contributed by atoms with Gasteiger partial charge in [0.1, 0.15) is 11.8 Å². The first-order valence-electron chi connectivity index (χ1n) is 11.4. The SMILES string of the molecule is CCC(=O)NC1CN=C(Nc2ccc(Oc3ccc(C(N)=O)nn3)cc2)N(Cc2ccc(Cl)cc2)C1=O. The summed E-state index contributed by atoms with van der Waals surface area (Å²) < 4.78 is 5.65. The zero-order valence-electron chi connectivity index (χ0n) is 19.8. The Morgan fingerprint density at radius 2 is 1.81 bits per heavy atom. The second-order valence-electron chi connectivity index (χ2n) is 8.06. The highest BCUT2D eigenvalue weighted by Crippen LogP contribution is 2.22. The number of nitrogens with two attached hydrogens (primary N) is 1. The average molecular weight is 522 g/mol. The van der Waals surface area contributed by atoms with Crippen molar-refractivity contribution in [2.24, 2.45) is 10.7 Å². The van der Waals surface area contributed by atoms with Crippen molar-refractivity contribution in [3.8, 4) is 11.6 Å². The van der Waals surface area contributed by atoms with Gasteiger partial charge >= 0.3 is 0 Å². The number of anilines is 1. The van der Waals surface area contributed by atoms with Crippen molar-refractivity contribution in [2.45, 2.75) is 25.9 Å². The lowest BCUT2D eigenvalue weighted by atomic mass is 10.1. The van der Waals surface area contributed by atoms with Crippen LogP contribution in [0.4, 0.5) is 5.69 Å². The molecule has 0 saturated carbocycles. The zero-order valence-corrected chi connectivity index (χ0v) is 20.6. The average Bonchev–Trinajstić information content (AvgIpc) is 2.90. The van der Waals surface area contributed by atoms with Crippen LogP contribution in [-0.4, -0.2) is 51.4 Å². The number of aliphatic imine (C=N–C) groups is 1. The minimum atomic E-state index is -0.747. The van der Waals surface area contributed by atoms with E-state index < -0.39 is 11.9 Å². The van der Waals surface area contributed by atoms with Crippen LogP contribution in [0.1, 0.15) is 29.4 Å². The molecule has 3 aromatic rings. The van der Waals surface area contributed by atoms with E-state index in [0.29, 0.717) is 22.4 Å². The lowest BCUT2D eigenvalue weighted by Gasteiger charge is -2.32. The van der Waals surface area contributed by atoms with Gasteiger partial charge < -0.3 is 21.1 Å². The van der Waals surface area contributed by atoms with Crippen LogP contribution in [0.25, 0.3) is 0 Å². The van der Waals surface area contributed by atoms with Gasteiger partial charge in [-0.25, -0.2) is 4.99 Å². The van der Waals surface area contributed by atoms with Crippen LogP contribution in [-0.2, 0) is 16.1 Å². The number of guanidine groups is 1. The summed E-state index contributed by atoms with van der Waals surface area (Å²) in [5.74, 6) is -0.143. The van der Waals surface area contributed by atoms with Crippen LogP contribution >= 0.6 is 11.6 Å². The number of carbonyl (C=O) groups excluding carboxylic acids is 3. The van der Waals surface area contributed by atoms with Crippen molar-refractivity contribution in [1.82, 2.24) is 20.4 Å². The van der Waals surface area contributed by atoms with E-state index in [2.05, 4.69) is 25.8 Å². The molecule has 1 aromatic heterocycles. The second kappa shape index (κ2) is 11.5. The first-order valence-corrected chi connectivity index (χ1v) is 11.8. The fraction of sp³-hybridized carbons (Fsp3) is 0.200. The van der Waals surface area contributed by atoms with Gasteiger partial charge in [-0.1, -0.05) is 30.7 Å². The van der Waals surface area contributed by atoms with Gasteiger partial charge in [-0.3, -0.25) is 19.3 Å². The third-order valence-corrected chi connectivity index (χ3v) is 5.63. The molecule has 3 amide bonds. The van der Waals surface area contributed by atoms with Crippen molar-refractivity contribution in [2.75, 3.05) is 11.9 Å². The van der Waals surface area contributed by atoms with Gasteiger partial charge in [0.15, 0.2) is 5.69 Å². The lowest BCUT2D eigenvalue weighted by Crippen LogP contribution is -2.56. The Hall–Kier alpha value is -4.51. The highest BCUT2D eigenvalue weighted by Gasteiger charge is 2.33. The molecule has 1 aliphatic rings. The third kappa shape index (κ3) is 6.58. The predicted octanol–water partition coefficient (Wildman–Crippen LogP) is 2.73. The van der Waals surface area contributed by atoms with E-state index in [9.17, 15) is 14.4 Å². The molecular weight excluding hydrogens is 498 g/mol. The number of rotatable bonds is 8. The second-order valence-corrected chi connectivity index (χ2v) is 8.50. The summed E-state index contributed by atoms with van der Waals surface area (Å²) in [5, 5.41) is 14.0. The zero-order chi connectivity index (χ0) is 26.4. The first-order chi connectivity index (χ1) is 17.8. The summed E-state index contributed by atoms with van der Waals surface area (Å²) in [5.41, 5.74) is 6.71. The maximum Gasteiger partial charge on any atom is 0.269 e. The van der Waals surface area contributed by atoms with Crippen molar-refractivity contribution >= 4 is 41.0 Å². The summed E-state index contributed by atoms with van der Waals surface area (Å²) in [4.78, 5) is 42.3. The quantitative estimate of drug-likeness (QED) is 0.412. The van der Waals surface area contributed by atoms with Crippen molar-refractivity contribution < 1.29 is 19.1 Å². The van der Waals surface area contributed by atoms with Crippen molar-refractivity contribution in [3.63, 3.8) is 0 Å². The molecule has 37 heavy (non-hydrogen) atoms. The Labute approximate surface area is 217 Å². The fourth-order valence-electron chi connectivity index (χ4n) is 3.43. The molecule has 190 valence electrons. The maximum absolute atomic E-state index is 13.3.